The van der Waals surface area contributed by atoms with E-state index in [4.69, 9.17) is 0 Å². The summed E-state index contributed by atoms with van der Waals surface area (Å²) in [7, 11) is 0. The molecule has 2 heterocycles. The minimum atomic E-state index is -0.847. The molecule has 0 fully saturated rings. The normalized spacial score (nSPS) is 14.3. The number of rotatable bonds is 6. The highest BCUT2D eigenvalue weighted by Crippen LogP contribution is 2.29. The Balaban J connectivity index is 1.99. The van der Waals surface area contributed by atoms with Crippen LogP contribution in [0.4, 0.5) is 5.82 Å². The SMILES string of the molecule is CCCC(Nc1nc(-c2cccnc2)nc2c1CCC2)C(=O)O. The maximum atomic E-state index is 11.4. The molecule has 0 saturated carbocycles. The van der Waals surface area contributed by atoms with Gasteiger partial charge in [0, 0.05) is 29.2 Å². The van der Waals surface area contributed by atoms with Gasteiger partial charge in [0.2, 0.25) is 0 Å². The molecule has 0 amide bonds. The van der Waals surface area contributed by atoms with Crippen LogP contribution in [0.5, 0.6) is 0 Å². The van der Waals surface area contributed by atoms with Gasteiger partial charge in [0.05, 0.1) is 0 Å². The van der Waals surface area contributed by atoms with Crippen molar-refractivity contribution >= 4 is 11.8 Å². The molecule has 2 N–H and O–H groups in total. The summed E-state index contributed by atoms with van der Waals surface area (Å²) >= 11 is 0. The van der Waals surface area contributed by atoms with Crippen molar-refractivity contribution < 1.29 is 9.90 Å². The summed E-state index contributed by atoms with van der Waals surface area (Å²) in [5.41, 5.74) is 2.91. The van der Waals surface area contributed by atoms with Crippen LogP contribution in [0.2, 0.25) is 0 Å². The van der Waals surface area contributed by atoms with Gasteiger partial charge in [-0.05, 0) is 37.8 Å². The number of carboxylic acid groups (broad SMARTS) is 1. The van der Waals surface area contributed by atoms with Gasteiger partial charge >= 0.3 is 5.97 Å². The molecule has 6 nitrogen and oxygen atoms in total. The van der Waals surface area contributed by atoms with E-state index in [0.29, 0.717) is 18.1 Å². The van der Waals surface area contributed by atoms with Gasteiger partial charge in [0.15, 0.2) is 5.82 Å². The minimum absolute atomic E-state index is 0.566. The van der Waals surface area contributed by atoms with Gasteiger partial charge in [-0.25, -0.2) is 14.8 Å². The van der Waals surface area contributed by atoms with Crippen LogP contribution in [0.15, 0.2) is 24.5 Å². The highest BCUT2D eigenvalue weighted by molar-refractivity contribution is 5.77. The van der Waals surface area contributed by atoms with Crippen molar-refractivity contribution in [3.8, 4) is 11.4 Å². The summed E-state index contributed by atoms with van der Waals surface area (Å²) in [5, 5.41) is 12.5. The van der Waals surface area contributed by atoms with Crippen LogP contribution in [0.25, 0.3) is 11.4 Å². The highest BCUT2D eigenvalue weighted by atomic mass is 16.4. The first-order valence-corrected chi connectivity index (χ1v) is 7.98. The molecule has 0 aromatic carbocycles. The van der Waals surface area contributed by atoms with Crippen molar-refractivity contribution in [1.82, 2.24) is 15.0 Å². The Morgan fingerprint density at radius 3 is 2.96 bits per heavy atom. The Bertz CT molecular complexity index is 703. The van der Waals surface area contributed by atoms with E-state index in [1.807, 2.05) is 19.1 Å². The number of anilines is 1. The first-order valence-electron chi connectivity index (χ1n) is 7.98. The largest absolute Gasteiger partial charge is 0.480 e. The van der Waals surface area contributed by atoms with E-state index in [1.165, 1.54) is 0 Å². The van der Waals surface area contributed by atoms with Crippen LogP contribution in [-0.2, 0) is 17.6 Å². The molecule has 23 heavy (non-hydrogen) atoms. The standard InChI is InChI=1S/C17H20N4O2/c1-2-5-14(17(22)23)20-16-12-7-3-8-13(12)19-15(21-16)11-6-4-9-18-10-11/h4,6,9-10,14H,2-3,5,7-8H2,1H3,(H,22,23)(H,19,20,21). The highest BCUT2D eigenvalue weighted by Gasteiger charge is 2.24. The number of hydrogen-bond acceptors (Lipinski definition) is 5. The molecule has 1 aliphatic rings. The fourth-order valence-electron chi connectivity index (χ4n) is 2.89. The summed E-state index contributed by atoms with van der Waals surface area (Å²) in [6.07, 6.45) is 7.62. The van der Waals surface area contributed by atoms with Crippen molar-refractivity contribution in [3.05, 3.63) is 35.8 Å². The van der Waals surface area contributed by atoms with Gasteiger partial charge in [-0.2, -0.15) is 0 Å². The molecule has 1 atom stereocenters. The molecule has 0 aliphatic heterocycles. The number of nitrogens with zero attached hydrogens (tertiary/aromatic N) is 3. The van der Waals surface area contributed by atoms with E-state index < -0.39 is 12.0 Å². The van der Waals surface area contributed by atoms with Gasteiger partial charge in [-0.1, -0.05) is 13.3 Å². The Kier molecular flexibility index (Phi) is 4.50. The molecule has 0 bridgehead atoms. The zero-order valence-electron chi connectivity index (χ0n) is 13.1. The van der Waals surface area contributed by atoms with Crippen molar-refractivity contribution in [3.63, 3.8) is 0 Å². The number of aromatic nitrogens is 3. The van der Waals surface area contributed by atoms with Gasteiger partial charge in [-0.3, -0.25) is 4.98 Å². The van der Waals surface area contributed by atoms with E-state index in [1.54, 1.807) is 12.4 Å². The van der Waals surface area contributed by atoms with Crippen molar-refractivity contribution in [2.45, 2.75) is 45.1 Å². The van der Waals surface area contributed by atoms with Crippen molar-refractivity contribution in [1.29, 1.82) is 0 Å². The number of fused-ring (bicyclic) bond motifs is 1. The van der Waals surface area contributed by atoms with E-state index in [2.05, 4.69) is 20.3 Å². The van der Waals surface area contributed by atoms with Crippen LogP contribution in [0, 0.1) is 0 Å². The molecule has 2 aromatic rings. The molecule has 0 radical (unpaired) electrons. The van der Waals surface area contributed by atoms with Gasteiger partial charge in [-0.15, -0.1) is 0 Å². The number of carbonyl (C=O) groups is 1. The van der Waals surface area contributed by atoms with E-state index in [0.717, 1.165) is 42.5 Å². The third-order valence-electron chi connectivity index (χ3n) is 4.04. The molecule has 1 unspecified atom stereocenters. The number of pyridine rings is 1. The lowest BCUT2D eigenvalue weighted by Gasteiger charge is -2.17. The fraction of sp³-hybridized carbons (Fsp3) is 0.412. The number of nitrogens with one attached hydrogen (secondary N) is 1. The molecule has 0 saturated heterocycles. The van der Waals surface area contributed by atoms with Crippen molar-refractivity contribution in [2.75, 3.05) is 5.32 Å². The molecular weight excluding hydrogens is 292 g/mol. The molecular formula is C17H20N4O2. The van der Waals surface area contributed by atoms with E-state index >= 15 is 0 Å². The maximum absolute atomic E-state index is 11.4. The monoisotopic (exact) mass is 312 g/mol. The predicted octanol–water partition coefficient (Wildman–Crippen LogP) is 2.69. The van der Waals surface area contributed by atoms with Crippen LogP contribution in [-0.4, -0.2) is 32.1 Å². The lowest BCUT2D eigenvalue weighted by Crippen LogP contribution is -2.30. The smallest absolute Gasteiger partial charge is 0.326 e. The number of aryl methyl sites for hydroxylation is 1. The minimum Gasteiger partial charge on any atom is -0.480 e. The second-order valence-electron chi connectivity index (χ2n) is 5.74. The van der Waals surface area contributed by atoms with Crippen LogP contribution in [0.3, 0.4) is 0 Å². The van der Waals surface area contributed by atoms with Crippen LogP contribution >= 0.6 is 0 Å². The summed E-state index contributed by atoms with van der Waals surface area (Å²) in [6, 6.07) is 3.13. The lowest BCUT2D eigenvalue weighted by atomic mass is 10.1. The van der Waals surface area contributed by atoms with Gasteiger partial charge in [0.1, 0.15) is 11.9 Å². The second-order valence-corrected chi connectivity index (χ2v) is 5.74. The molecule has 0 spiro atoms. The first-order chi connectivity index (χ1) is 11.2. The molecule has 6 heteroatoms. The molecule has 120 valence electrons. The Labute approximate surface area is 135 Å². The van der Waals surface area contributed by atoms with Gasteiger partial charge < -0.3 is 10.4 Å². The second kappa shape index (κ2) is 6.73. The lowest BCUT2D eigenvalue weighted by molar-refractivity contribution is -0.138. The average molecular weight is 312 g/mol. The summed E-state index contributed by atoms with van der Waals surface area (Å²) < 4.78 is 0. The van der Waals surface area contributed by atoms with Gasteiger partial charge in [0.25, 0.3) is 0 Å². The zero-order chi connectivity index (χ0) is 16.2. The Morgan fingerprint density at radius 1 is 1.39 bits per heavy atom. The number of carboxylic acids is 1. The topological polar surface area (TPSA) is 88.0 Å². The van der Waals surface area contributed by atoms with Crippen molar-refractivity contribution in [2.24, 2.45) is 0 Å². The third kappa shape index (κ3) is 3.31. The number of hydrogen-bond donors (Lipinski definition) is 2. The quantitative estimate of drug-likeness (QED) is 0.852. The average Bonchev–Trinajstić information content (AvgIpc) is 3.03. The predicted molar refractivity (Wildman–Crippen MR) is 87.2 cm³/mol. The van der Waals surface area contributed by atoms with E-state index in [9.17, 15) is 9.90 Å². The summed E-state index contributed by atoms with van der Waals surface area (Å²) in [6.45, 7) is 1.98. The first kappa shape index (κ1) is 15.4. The van der Waals surface area contributed by atoms with Crippen LogP contribution in [0.1, 0.15) is 37.4 Å². The maximum Gasteiger partial charge on any atom is 0.326 e. The fourth-order valence-corrected chi connectivity index (χ4v) is 2.89. The van der Waals surface area contributed by atoms with E-state index in [-0.39, 0.29) is 0 Å². The molecule has 2 aromatic heterocycles. The summed E-state index contributed by atoms with van der Waals surface area (Å²) in [5.74, 6) is 0.411. The molecule has 1 aliphatic carbocycles. The Hall–Kier alpha value is -2.50. The third-order valence-corrected chi connectivity index (χ3v) is 4.04. The summed E-state index contributed by atoms with van der Waals surface area (Å²) in [4.78, 5) is 24.8. The van der Waals surface area contributed by atoms with Crippen LogP contribution < -0.4 is 5.32 Å². The number of aliphatic carboxylic acids is 1. The molecule has 3 rings (SSSR count). The zero-order valence-corrected chi connectivity index (χ0v) is 13.1. The Morgan fingerprint density at radius 2 is 2.26 bits per heavy atom.